The van der Waals surface area contributed by atoms with Gasteiger partial charge in [-0.15, -0.1) is 0 Å². The summed E-state index contributed by atoms with van der Waals surface area (Å²) in [6.07, 6.45) is 0.346. The Morgan fingerprint density at radius 2 is 1.59 bits per heavy atom. The highest BCUT2D eigenvalue weighted by atomic mass is 35.5. The van der Waals surface area contributed by atoms with Crippen LogP contribution in [0, 0.1) is 0 Å². The van der Waals surface area contributed by atoms with Gasteiger partial charge >= 0.3 is 0 Å². The van der Waals surface area contributed by atoms with Gasteiger partial charge in [0.15, 0.2) is 6.61 Å². The number of hydrogen-bond donors (Lipinski definition) is 1. The van der Waals surface area contributed by atoms with Crippen LogP contribution in [-0.4, -0.2) is 35.4 Å². The van der Waals surface area contributed by atoms with Crippen LogP contribution in [0.3, 0.4) is 0 Å². The zero-order valence-electron chi connectivity index (χ0n) is 21.7. The third-order valence-electron chi connectivity index (χ3n) is 5.95. The number of carbonyl (C=O) groups is 2. The van der Waals surface area contributed by atoms with Gasteiger partial charge in [-0.2, -0.15) is 0 Å². The lowest BCUT2D eigenvalue weighted by atomic mass is 10.0. The lowest BCUT2D eigenvalue weighted by Crippen LogP contribution is -2.52. The lowest BCUT2D eigenvalue weighted by molar-refractivity contribution is -0.143. The molecule has 0 saturated carbocycles. The number of amides is 2. The highest BCUT2D eigenvalue weighted by molar-refractivity contribution is 6.35. The molecule has 1 N–H and O–H groups in total. The molecule has 1 unspecified atom stereocenters. The molecule has 3 aromatic carbocycles. The Bertz CT molecular complexity index is 1200. The van der Waals surface area contributed by atoms with Gasteiger partial charge in [0, 0.05) is 29.1 Å². The molecule has 0 fully saturated rings. The van der Waals surface area contributed by atoms with Gasteiger partial charge < -0.3 is 15.0 Å². The average Bonchev–Trinajstić information content (AvgIpc) is 2.86. The molecule has 0 heterocycles. The minimum Gasteiger partial charge on any atom is -0.483 e. The molecular formula is C30H34Cl2N2O3. The molecule has 2 amide bonds. The maximum atomic E-state index is 13.8. The zero-order valence-corrected chi connectivity index (χ0v) is 23.2. The Kier molecular flexibility index (Phi) is 10.4. The first-order valence-corrected chi connectivity index (χ1v) is 13.2. The maximum Gasteiger partial charge on any atom is 0.261 e. The summed E-state index contributed by atoms with van der Waals surface area (Å²) in [5, 5.41) is 3.91. The average molecular weight is 542 g/mol. The molecule has 5 nitrogen and oxygen atoms in total. The van der Waals surface area contributed by atoms with E-state index in [2.05, 4.69) is 19.2 Å². The zero-order chi connectivity index (χ0) is 26.9. The first-order valence-electron chi connectivity index (χ1n) is 12.4. The van der Waals surface area contributed by atoms with Gasteiger partial charge in [0.05, 0.1) is 0 Å². The highest BCUT2D eigenvalue weighted by Crippen LogP contribution is 2.27. The van der Waals surface area contributed by atoms with Crippen LogP contribution >= 0.6 is 23.2 Å². The number of benzene rings is 3. The standard InChI is InChI=1S/C30H34Cl2N2O3/c1-20(2)25-12-8-9-13-28(25)37-19-29(35)34(18-23-14-15-24(31)17-26(23)32)27(30(36)33-21(3)4)16-22-10-6-5-7-11-22/h5-15,17,20-21,27H,16,18-19H2,1-4H3,(H,33,36). The normalized spacial score (nSPS) is 11.9. The summed E-state index contributed by atoms with van der Waals surface area (Å²) in [4.78, 5) is 28.8. The fourth-order valence-corrected chi connectivity index (χ4v) is 4.55. The van der Waals surface area contributed by atoms with Gasteiger partial charge in [0.2, 0.25) is 5.91 Å². The molecular weight excluding hydrogens is 507 g/mol. The van der Waals surface area contributed by atoms with E-state index >= 15 is 0 Å². The fourth-order valence-electron chi connectivity index (χ4n) is 4.08. The maximum absolute atomic E-state index is 13.8. The summed E-state index contributed by atoms with van der Waals surface area (Å²) in [5.41, 5.74) is 2.65. The molecule has 1 atom stereocenters. The summed E-state index contributed by atoms with van der Waals surface area (Å²) in [5.74, 6) is 0.337. The Morgan fingerprint density at radius 1 is 0.919 bits per heavy atom. The van der Waals surface area contributed by atoms with Crippen LogP contribution in [0.5, 0.6) is 5.75 Å². The summed E-state index contributed by atoms with van der Waals surface area (Å²) in [7, 11) is 0. The number of nitrogens with one attached hydrogen (secondary N) is 1. The van der Waals surface area contributed by atoms with Crippen molar-refractivity contribution in [1.29, 1.82) is 0 Å². The minimum absolute atomic E-state index is 0.0870. The second-order valence-electron chi connectivity index (χ2n) is 9.61. The first-order chi connectivity index (χ1) is 17.7. The summed E-state index contributed by atoms with van der Waals surface area (Å²) in [6.45, 7) is 7.86. The van der Waals surface area contributed by atoms with E-state index in [1.807, 2.05) is 68.4 Å². The quantitative estimate of drug-likeness (QED) is 0.295. The molecule has 0 radical (unpaired) electrons. The van der Waals surface area contributed by atoms with Crippen molar-refractivity contribution >= 4 is 35.0 Å². The van der Waals surface area contributed by atoms with Crippen LogP contribution in [-0.2, 0) is 22.6 Å². The van der Waals surface area contributed by atoms with Gasteiger partial charge in [-0.05, 0) is 54.7 Å². The number of para-hydroxylation sites is 1. The monoisotopic (exact) mass is 540 g/mol. The Morgan fingerprint density at radius 3 is 2.24 bits per heavy atom. The SMILES string of the molecule is CC(C)NC(=O)C(Cc1ccccc1)N(Cc1ccc(Cl)cc1Cl)C(=O)COc1ccccc1C(C)C. The molecule has 3 rings (SSSR count). The second kappa shape index (κ2) is 13.5. The second-order valence-corrected chi connectivity index (χ2v) is 10.5. The molecule has 0 aliphatic carbocycles. The summed E-state index contributed by atoms with van der Waals surface area (Å²) >= 11 is 12.6. The molecule has 0 bridgehead atoms. The molecule has 0 aromatic heterocycles. The van der Waals surface area contributed by atoms with Crippen LogP contribution < -0.4 is 10.1 Å². The van der Waals surface area contributed by atoms with Crippen LogP contribution in [0.4, 0.5) is 0 Å². The van der Waals surface area contributed by atoms with E-state index in [9.17, 15) is 9.59 Å². The number of carbonyl (C=O) groups excluding carboxylic acids is 2. The van der Waals surface area contributed by atoms with Crippen molar-refractivity contribution in [2.24, 2.45) is 0 Å². The Balaban J connectivity index is 1.96. The van der Waals surface area contributed by atoms with Crippen LogP contribution in [0.2, 0.25) is 10.0 Å². The van der Waals surface area contributed by atoms with E-state index < -0.39 is 6.04 Å². The van der Waals surface area contributed by atoms with Crippen molar-refractivity contribution < 1.29 is 14.3 Å². The molecule has 7 heteroatoms. The van der Waals surface area contributed by atoms with Gasteiger partial charge in [0.25, 0.3) is 5.91 Å². The molecule has 0 saturated heterocycles. The first kappa shape index (κ1) is 28.5. The fraction of sp³-hybridized carbons (Fsp3) is 0.333. The van der Waals surface area contributed by atoms with Gasteiger partial charge in [0.1, 0.15) is 11.8 Å². The van der Waals surface area contributed by atoms with E-state index in [0.717, 1.165) is 11.1 Å². The molecule has 3 aromatic rings. The predicted octanol–water partition coefficient (Wildman–Crippen LogP) is 6.66. The highest BCUT2D eigenvalue weighted by Gasteiger charge is 2.31. The van der Waals surface area contributed by atoms with Crippen molar-refractivity contribution in [1.82, 2.24) is 10.2 Å². The van der Waals surface area contributed by atoms with Crippen molar-refractivity contribution in [3.05, 3.63) is 99.5 Å². The van der Waals surface area contributed by atoms with Crippen molar-refractivity contribution in [2.75, 3.05) is 6.61 Å². The smallest absolute Gasteiger partial charge is 0.261 e. The van der Waals surface area contributed by atoms with Crippen LogP contribution in [0.15, 0.2) is 72.8 Å². The number of rotatable bonds is 11. The third kappa shape index (κ3) is 8.24. The molecule has 0 aliphatic heterocycles. The van der Waals surface area contributed by atoms with E-state index in [1.54, 1.807) is 23.1 Å². The van der Waals surface area contributed by atoms with Crippen molar-refractivity contribution in [2.45, 2.75) is 58.7 Å². The van der Waals surface area contributed by atoms with Gasteiger partial charge in [-0.25, -0.2) is 0 Å². The van der Waals surface area contributed by atoms with Crippen molar-refractivity contribution in [3.8, 4) is 5.75 Å². The lowest BCUT2D eigenvalue weighted by Gasteiger charge is -2.32. The number of ether oxygens (including phenoxy) is 1. The Hall–Kier alpha value is -3.02. The number of halogens is 2. The summed E-state index contributed by atoms with van der Waals surface area (Å²) in [6, 6.07) is 21.6. The Labute approximate surface area is 229 Å². The van der Waals surface area contributed by atoms with Crippen molar-refractivity contribution in [3.63, 3.8) is 0 Å². The molecule has 0 aliphatic rings. The summed E-state index contributed by atoms with van der Waals surface area (Å²) < 4.78 is 6.01. The third-order valence-corrected chi connectivity index (χ3v) is 6.54. The largest absolute Gasteiger partial charge is 0.483 e. The van der Waals surface area contributed by atoms with Gasteiger partial charge in [-0.3, -0.25) is 9.59 Å². The molecule has 37 heavy (non-hydrogen) atoms. The number of hydrogen-bond acceptors (Lipinski definition) is 3. The number of nitrogens with zero attached hydrogens (tertiary/aromatic N) is 1. The molecule has 196 valence electrons. The predicted molar refractivity (Wildman–Crippen MR) is 150 cm³/mol. The van der Waals surface area contributed by atoms with Crippen LogP contribution in [0.1, 0.15) is 50.3 Å². The minimum atomic E-state index is -0.770. The van der Waals surface area contributed by atoms with Gasteiger partial charge in [-0.1, -0.05) is 91.6 Å². The molecule has 0 spiro atoms. The topological polar surface area (TPSA) is 58.6 Å². The van der Waals surface area contributed by atoms with E-state index in [-0.39, 0.29) is 36.9 Å². The van der Waals surface area contributed by atoms with E-state index in [0.29, 0.717) is 27.8 Å². The van der Waals surface area contributed by atoms with Crippen LogP contribution in [0.25, 0.3) is 0 Å². The van der Waals surface area contributed by atoms with E-state index in [1.165, 1.54) is 0 Å². The van der Waals surface area contributed by atoms with E-state index in [4.69, 9.17) is 27.9 Å².